The van der Waals surface area contributed by atoms with E-state index >= 15 is 0 Å². The molecule has 1 atom stereocenters. The molecule has 5 nitrogen and oxygen atoms in total. The Morgan fingerprint density at radius 3 is 2.53 bits per heavy atom. The summed E-state index contributed by atoms with van der Waals surface area (Å²) in [7, 11) is 1.72. The maximum atomic E-state index is 12.1. The standard InChI is InChI=1S/C10H16F2N4O/c1-3-6-9(13-2)15-5-16-10(6)14-4-7(17)8(11)12/h5,7-8,17H,3-4H2,1-2H3,(H2,13,14,15,16). The van der Waals surface area contributed by atoms with E-state index in [0.29, 0.717) is 18.1 Å². The van der Waals surface area contributed by atoms with Gasteiger partial charge in [0.15, 0.2) is 0 Å². The van der Waals surface area contributed by atoms with Crippen LogP contribution in [0.5, 0.6) is 0 Å². The highest BCUT2D eigenvalue weighted by Crippen LogP contribution is 2.19. The molecule has 3 N–H and O–H groups in total. The number of aliphatic hydroxyl groups is 1. The maximum Gasteiger partial charge on any atom is 0.265 e. The molecule has 7 heteroatoms. The van der Waals surface area contributed by atoms with Crippen molar-refractivity contribution in [3.8, 4) is 0 Å². The summed E-state index contributed by atoms with van der Waals surface area (Å²) in [6.45, 7) is 1.67. The molecule has 1 aromatic rings. The lowest BCUT2D eigenvalue weighted by Crippen LogP contribution is -2.27. The third kappa shape index (κ3) is 3.48. The van der Waals surface area contributed by atoms with Gasteiger partial charge in [-0.2, -0.15) is 0 Å². The number of anilines is 2. The van der Waals surface area contributed by atoms with E-state index in [9.17, 15) is 8.78 Å². The highest BCUT2D eigenvalue weighted by molar-refractivity contribution is 5.57. The molecule has 0 fully saturated rings. The van der Waals surface area contributed by atoms with Crippen LogP contribution >= 0.6 is 0 Å². The van der Waals surface area contributed by atoms with Crippen molar-refractivity contribution in [1.82, 2.24) is 9.97 Å². The molecule has 0 aromatic carbocycles. The molecular formula is C10H16F2N4O. The average molecular weight is 246 g/mol. The Morgan fingerprint density at radius 2 is 2.00 bits per heavy atom. The first-order chi connectivity index (χ1) is 8.10. The predicted molar refractivity (Wildman–Crippen MR) is 61.5 cm³/mol. The van der Waals surface area contributed by atoms with E-state index in [0.717, 1.165) is 5.56 Å². The molecule has 0 saturated heterocycles. The van der Waals surface area contributed by atoms with Crippen molar-refractivity contribution in [2.45, 2.75) is 25.9 Å². The van der Waals surface area contributed by atoms with Gasteiger partial charge >= 0.3 is 0 Å². The molecule has 0 amide bonds. The van der Waals surface area contributed by atoms with E-state index < -0.39 is 12.5 Å². The Kier molecular flexibility index (Phi) is 5.02. The zero-order valence-corrected chi connectivity index (χ0v) is 9.74. The molecule has 17 heavy (non-hydrogen) atoms. The lowest BCUT2D eigenvalue weighted by molar-refractivity contribution is 0.00380. The Bertz CT molecular complexity index is 362. The first kappa shape index (κ1) is 13.6. The van der Waals surface area contributed by atoms with Crippen LogP contribution in [0.2, 0.25) is 0 Å². The van der Waals surface area contributed by atoms with Gasteiger partial charge in [0.2, 0.25) is 0 Å². The largest absolute Gasteiger partial charge is 0.385 e. The summed E-state index contributed by atoms with van der Waals surface area (Å²) < 4.78 is 24.2. The molecule has 0 spiro atoms. The van der Waals surface area contributed by atoms with Crippen molar-refractivity contribution in [3.05, 3.63) is 11.9 Å². The number of alkyl halides is 2. The average Bonchev–Trinajstić information content (AvgIpc) is 2.34. The van der Waals surface area contributed by atoms with Crippen molar-refractivity contribution >= 4 is 11.6 Å². The van der Waals surface area contributed by atoms with Crippen LogP contribution in [0.15, 0.2) is 6.33 Å². The Morgan fingerprint density at radius 1 is 1.35 bits per heavy atom. The molecule has 0 radical (unpaired) electrons. The van der Waals surface area contributed by atoms with Gasteiger partial charge in [-0.3, -0.25) is 0 Å². The Balaban J connectivity index is 2.77. The van der Waals surface area contributed by atoms with Crippen molar-refractivity contribution in [2.24, 2.45) is 0 Å². The van der Waals surface area contributed by atoms with Crippen molar-refractivity contribution < 1.29 is 13.9 Å². The quantitative estimate of drug-likeness (QED) is 0.701. The molecule has 1 heterocycles. The molecule has 1 rings (SSSR count). The molecule has 1 unspecified atom stereocenters. The fraction of sp³-hybridized carbons (Fsp3) is 0.600. The second-order valence-electron chi connectivity index (χ2n) is 3.44. The van der Waals surface area contributed by atoms with Gasteiger partial charge in [0, 0.05) is 19.2 Å². The molecule has 0 bridgehead atoms. The minimum absolute atomic E-state index is 0.245. The van der Waals surface area contributed by atoms with Crippen LogP contribution in [0.1, 0.15) is 12.5 Å². The molecule has 0 aliphatic rings. The number of rotatable bonds is 6. The van der Waals surface area contributed by atoms with Gasteiger partial charge in [-0.05, 0) is 6.42 Å². The van der Waals surface area contributed by atoms with Gasteiger partial charge in [0.05, 0.1) is 0 Å². The number of hydrogen-bond donors (Lipinski definition) is 3. The van der Waals surface area contributed by atoms with E-state index in [1.165, 1.54) is 6.33 Å². The predicted octanol–water partition coefficient (Wildman–Crippen LogP) is 1.12. The zero-order chi connectivity index (χ0) is 12.8. The normalized spacial score (nSPS) is 12.6. The van der Waals surface area contributed by atoms with Crippen LogP contribution in [0.3, 0.4) is 0 Å². The fourth-order valence-corrected chi connectivity index (χ4v) is 1.41. The number of nitrogens with zero attached hydrogens (tertiary/aromatic N) is 2. The molecule has 0 aliphatic heterocycles. The number of halogens is 2. The highest BCUT2D eigenvalue weighted by Gasteiger charge is 2.17. The minimum Gasteiger partial charge on any atom is -0.385 e. The third-order valence-corrected chi connectivity index (χ3v) is 2.31. The number of aliphatic hydroxyl groups excluding tert-OH is 1. The minimum atomic E-state index is -2.77. The number of hydrogen-bond acceptors (Lipinski definition) is 5. The van der Waals surface area contributed by atoms with Gasteiger partial charge in [-0.15, -0.1) is 0 Å². The van der Waals surface area contributed by atoms with Crippen molar-refractivity contribution in [3.63, 3.8) is 0 Å². The second-order valence-corrected chi connectivity index (χ2v) is 3.44. The summed E-state index contributed by atoms with van der Waals surface area (Å²) in [5.74, 6) is 1.11. The van der Waals surface area contributed by atoms with Crippen LogP contribution in [-0.4, -0.2) is 41.2 Å². The lowest BCUT2D eigenvalue weighted by atomic mass is 10.2. The summed E-state index contributed by atoms with van der Waals surface area (Å²) in [5.41, 5.74) is 0.802. The fourth-order valence-electron chi connectivity index (χ4n) is 1.41. The van der Waals surface area contributed by atoms with Crippen LogP contribution in [0.25, 0.3) is 0 Å². The SMILES string of the molecule is CCc1c(NC)ncnc1NCC(O)C(F)F. The first-order valence-electron chi connectivity index (χ1n) is 5.31. The summed E-state index contributed by atoms with van der Waals surface area (Å²) in [6.07, 6.45) is -2.47. The highest BCUT2D eigenvalue weighted by atomic mass is 19.3. The topological polar surface area (TPSA) is 70.1 Å². The van der Waals surface area contributed by atoms with Gasteiger partial charge in [-0.25, -0.2) is 18.7 Å². The summed E-state index contributed by atoms with van der Waals surface area (Å²) >= 11 is 0. The van der Waals surface area contributed by atoms with Crippen molar-refractivity contribution in [2.75, 3.05) is 24.2 Å². The Labute approximate surface area is 98.3 Å². The van der Waals surface area contributed by atoms with Gasteiger partial charge in [0.1, 0.15) is 24.1 Å². The van der Waals surface area contributed by atoms with E-state index in [1.807, 2.05) is 6.92 Å². The van der Waals surface area contributed by atoms with Gasteiger partial charge in [0.25, 0.3) is 6.43 Å². The molecule has 96 valence electrons. The lowest BCUT2D eigenvalue weighted by Gasteiger charge is -2.15. The van der Waals surface area contributed by atoms with Crippen LogP contribution < -0.4 is 10.6 Å². The van der Waals surface area contributed by atoms with Gasteiger partial charge < -0.3 is 15.7 Å². The Hall–Kier alpha value is -1.50. The van der Waals surface area contributed by atoms with E-state index in [2.05, 4.69) is 20.6 Å². The third-order valence-electron chi connectivity index (χ3n) is 2.31. The van der Waals surface area contributed by atoms with Crippen LogP contribution in [0, 0.1) is 0 Å². The molecular weight excluding hydrogens is 230 g/mol. The number of aromatic nitrogens is 2. The summed E-state index contributed by atoms with van der Waals surface area (Å²) in [5, 5.41) is 14.6. The summed E-state index contributed by atoms with van der Waals surface area (Å²) in [6, 6.07) is 0. The second kappa shape index (κ2) is 6.29. The zero-order valence-electron chi connectivity index (χ0n) is 9.74. The number of nitrogens with one attached hydrogen (secondary N) is 2. The van der Waals surface area contributed by atoms with Crippen molar-refractivity contribution in [1.29, 1.82) is 0 Å². The molecule has 1 aromatic heterocycles. The molecule has 0 aliphatic carbocycles. The smallest absolute Gasteiger partial charge is 0.265 e. The van der Waals surface area contributed by atoms with E-state index in [-0.39, 0.29) is 6.54 Å². The monoisotopic (exact) mass is 246 g/mol. The summed E-state index contributed by atoms with van der Waals surface area (Å²) in [4.78, 5) is 7.99. The van der Waals surface area contributed by atoms with E-state index in [4.69, 9.17) is 5.11 Å². The van der Waals surface area contributed by atoms with Crippen LogP contribution in [-0.2, 0) is 6.42 Å². The molecule has 0 saturated carbocycles. The maximum absolute atomic E-state index is 12.1. The van der Waals surface area contributed by atoms with E-state index in [1.54, 1.807) is 7.05 Å². The van der Waals surface area contributed by atoms with Gasteiger partial charge in [-0.1, -0.05) is 6.92 Å². The van der Waals surface area contributed by atoms with Crippen LogP contribution in [0.4, 0.5) is 20.4 Å². The first-order valence-corrected chi connectivity index (χ1v) is 5.31.